The van der Waals surface area contributed by atoms with Crippen molar-refractivity contribution in [1.29, 1.82) is 0 Å². The molecule has 1 aliphatic rings. The van der Waals surface area contributed by atoms with Crippen molar-refractivity contribution in [2.75, 3.05) is 11.9 Å². The van der Waals surface area contributed by atoms with E-state index in [1.54, 1.807) is 0 Å². The molecule has 31 heavy (non-hydrogen) atoms. The second-order valence-electron chi connectivity index (χ2n) is 8.06. The molecule has 9 heteroatoms. The summed E-state index contributed by atoms with van der Waals surface area (Å²) in [6.07, 6.45) is 8.79. The first-order valence-corrected chi connectivity index (χ1v) is 9.73. The van der Waals surface area contributed by atoms with E-state index < -0.39 is 18.0 Å². The van der Waals surface area contributed by atoms with Crippen molar-refractivity contribution in [1.82, 2.24) is 9.47 Å². The maximum atomic E-state index is 11.0. The monoisotopic (exact) mass is 428 g/mol. The quantitative estimate of drug-likeness (QED) is 0.551. The minimum absolute atomic E-state index is 0.162. The van der Waals surface area contributed by atoms with Gasteiger partial charge in [-0.1, -0.05) is 0 Å². The Bertz CT molecular complexity index is 1000. The number of hydrogen-bond donors (Lipinski definition) is 4. The van der Waals surface area contributed by atoms with Crippen molar-refractivity contribution in [3.63, 3.8) is 0 Å². The maximum Gasteiger partial charge on any atom is 0.328 e. The van der Waals surface area contributed by atoms with Crippen LogP contribution >= 0.6 is 0 Å². The maximum absolute atomic E-state index is 11.0. The van der Waals surface area contributed by atoms with Gasteiger partial charge in [0.25, 0.3) is 0 Å². The number of amides is 2. The lowest BCUT2D eigenvalue weighted by Gasteiger charge is -2.38. The zero-order valence-electron chi connectivity index (χ0n) is 17.8. The van der Waals surface area contributed by atoms with E-state index in [1.165, 1.54) is 5.52 Å². The Morgan fingerprint density at radius 1 is 1.13 bits per heavy atom. The van der Waals surface area contributed by atoms with Crippen LogP contribution in [0.4, 0.5) is 10.5 Å². The predicted molar refractivity (Wildman–Crippen MR) is 119 cm³/mol. The van der Waals surface area contributed by atoms with Crippen molar-refractivity contribution in [3.8, 4) is 0 Å². The van der Waals surface area contributed by atoms with E-state index in [9.17, 15) is 14.4 Å². The first kappa shape index (κ1) is 23.5. The Balaban J connectivity index is 0.000000366. The van der Waals surface area contributed by atoms with Gasteiger partial charge in [0, 0.05) is 47.0 Å². The van der Waals surface area contributed by atoms with Crippen molar-refractivity contribution in [2.24, 2.45) is 5.73 Å². The van der Waals surface area contributed by atoms with Crippen LogP contribution in [0.3, 0.4) is 0 Å². The summed E-state index contributed by atoms with van der Waals surface area (Å²) in [5.74, 6) is -2.51. The van der Waals surface area contributed by atoms with Crippen LogP contribution < -0.4 is 11.1 Å². The Morgan fingerprint density at radius 3 is 2.26 bits per heavy atom. The van der Waals surface area contributed by atoms with Gasteiger partial charge in [-0.15, -0.1) is 0 Å². The Morgan fingerprint density at radius 2 is 1.77 bits per heavy atom. The van der Waals surface area contributed by atoms with Gasteiger partial charge in [-0.2, -0.15) is 0 Å². The lowest BCUT2D eigenvalue weighted by Crippen LogP contribution is -2.40. The van der Waals surface area contributed by atoms with Crippen LogP contribution in [-0.2, 0) is 9.59 Å². The number of hydrogen-bond acceptors (Lipinski definition) is 4. The summed E-state index contributed by atoms with van der Waals surface area (Å²) >= 11 is 0. The van der Waals surface area contributed by atoms with Gasteiger partial charge in [-0.25, -0.2) is 14.4 Å². The lowest BCUT2D eigenvalue weighted by atomic mass is 10.0. The predicted octanol–water partition coefficient (Wildman–Crippen LogP) is 3.40. The number of aromatic nitrogens is 1. The van der Waals surface area contributed by atoms with Gasteiger partial charge in [0.05, 0.1) is 6.04 Å². The van der Waals surface area contributed by atoms with Crippen LogP contribution in [0.5, 0.6) is 0 Å². The van der Waals surface area contributed by atoms with Gasteiger partial charge in [-0.3, -0.25) is 0 Å². The second kappa shape index (κ2) is 9.84. The van der Waals surface area contributed by atoms with Crippen molar-refractivity contribution >= 4 is 34.6 Å². The molecule has 0 fully saturated rings. The number of urea groups is 1. The number of fused-ring (bicyclic) bond motifs is 1. The number of carbonyl (C=O) groups is 3. The molecule has 166 valence electrons. The van der Waals surface area contributed by atoms with E-state index in [-0.39, 0.29) is 5.54 Å². The molecular formula is C22H28N4O5. The molecule has 2 aromatic rings. The van der Waals surface area contributed by atoms with E-state index in [4.69, 9.17) is 15.9 Å². The molecule has 0 radical (unpaired) electrons. The highest BCUT2D eigenvalue weighted by atomic mass is 16.4. The zero-order valence-corrected chi connectivity index (χ0v) is 17.8. The zero-order chi connectivity index (χ0) is 23.2. The second-order valence-corrected chi connectivity index (χ2v) is 8.06. The number of nitrogens with two attached hydrogens (primary N) is 1. The van der Waals surface area contributed by atoms with Gasteiger partial charge >= 0.3 is 18.0 Å². The average molecular weight is 428 g/mol. The number of carboxylic acid groups (broad SMARTS) is 2. The van der Waals surface area contributed by atoms with Gasteiger partial charge in [0.2, 0.25) is 0 Å². The molecule has 5 N–H and O–H groups in total. The molecule has 0 bridgehead atoms. The highest BCUT2D eigenvalue weighted by Gasteiger charge is 2.23. The normalized spacial score (nSPS) is 16.1. The molecule has 1 unspecified atom stereocenters. The van der Waals surface area contributed by atoms with Crippen LogP contribution in [0.15, 0.2) is 54.9 Å². The van der Waals surface area contributed by atoms with Crippen LogP contribution in [0.25, 0.3) is 10.9 Å². The molecule has 9 nitrogen and oxygen atoms in total. The highest BCUT2D eigenvalue weighted by Crippen LogP contribution is 2.29. The third-order valence-corrected chi connectivity index (χ3v) is 4.73. The molecule has 1 aliphatic heterocycles. The Hall–Kier alpha value is -3.75. The van der Waals surface area contributed by atoms with Gasteiger partial charge in [0.15, 0.2) is 0 Å². The summed E-state index contributed by atoms with van der Waals surface area (Å²) in [4.78, 5) is 32.4. The van der Waals surface area contributed by atoms with E-state index >= 15 is 0 Å². The number of anilines is 1. The van der Waals surface area contributed by atoms with E-state index in [0.29, 0.717) is 18.2 Å². The number of carboxylic acids is 2. The SMILES string of the molecule is CC(C)(C)N1C=CC(n2ccc3cc(NC(N)=O)ccc32)CC1.O=C(O)/C=C/C(=O)O. The Labute approximate surface area is 180 Å². The molecule has 1 aromatic heterocycles. The largest absolute Gasteiger partial charge is 0.478 e. The average Bonchev–Trinajstić information content (AvgIpc) is 3.09. The topological polar surface area (TPSA) is 138 Å². The molecule has 1 aromatic carbocycles. The van der Waals surface area contributed by atoms with E-state index in [2.05, 4.69) is 60.1 Å². The standard InChI is InChI=1S/C18H24N4O.C4H4O4/c1-18(2,3)21-9-7-15(8-10-21)22-11-6-13-12-14(20-17(19)23)4-5-16(13)22;5-3(6)1-2-4(7)8/h4-7,9,11-12,15H,8,10H2,1-3H3,(H3,19,20,23);1-2H,(H,5,6)(H,7,8)/b;2-1+. The van der Waals surface area contributed by atoms with Crippen LogP contribution in [-0.4, -0.2) is 49.7 Å². The molecular weight excluding hydrogens is 400 g/mol. The number of nitrogens with one attached hydrogen (secondary N) is 1. The summed E-state index contributed by atoms with van der Waals surface area (Å²) < 4.78 is 2.29. The lowest BCUT2D eigenvalue weighted by molar-refractivity contribution is -0.134. The third kappa shape index (κ3) is 6.91. The van der Waals surface area contributed by atoms with Crippen LogP contribution in [0.1, 0.15) is 33.2 Å². The van der Waals surface area contributed by atoms with E-state index in [0.717, 1.165) is 24.0 Å². The van der Waals surface area contributed by atoms with Gasteiger partial charge in [-0.05, 0) is 63.7 Å². The summed E-state index contributed by atoms with van der Waals surface area (Å²) in [6, 6.07) is 7.76. The fourth-order valence-electron chi connectivity index (χ4n) is 3.25. The van der Waals surface area contributed by atoms with Crippen molar-refractivity contribution in [2.45, 2.75) is 38.8 Å². The number of carbonyl (C=O) groups excluding carboxylic acids is 1. The van der Waals surface area contributed by atoms with Gasteiger partial charge < -0.3 is 30.7 Å². The van der Waals surface area contributed by atoms with Crippen molar-refractivity contribution in [3.05, 3.63) is 54.9 Å². The highest BCUT2D eigenvalue weighted by molar-refractivity contribution is 5.92. The minimum Gasteiger partial charge on any atom is -0.478 e. The molecule has 0 saturated heterocycles. The van der Waals surface area contributed by atoms with Crippen molar-refractivity contribution < 1.29 is 24.6 Å². The smallest absolute Gasteiger partial charge is 0.328 e. The third-order valence-electron chi connectivity index (χ3n) is 4.73. The molecule has 0 aliphatic carbocycles. The number of allylic oxidation sites excluding steroid dienone is 1. The summed E-state index contributed by atoms with van der Waals surface area (Å²) in [5, 5.41) is 19.3. The summed E-state index contributed by atoms with van der Waals surface area (Å²) in [6.45, 7) is 7.74. The minimum atomic E-state index is -1.26. The number of nitrogens with zero attached hydrogens (tertiary/aromatic N) is 2. The number of primary amides is 1. The Kier molecular flexibility index (Phi) is 7.47. The number of benzene rings is 1. The van der Waals surface area contributed by atoms with E-state index in [1.807, 2.05) is 18.2 Å². The summed E-state index contributed by atoms with van der Waals surface area (Å²) in [5.41, 5.74) is 7.22. The number of aliphatic carboxylic acids is 2. The fourth-order valence-corrected chi connectivity index (χ4v) is 3.25. The van der Waals surface area contributed by atoms with Crippen LogP contribution in [0.2, 0.25) is 0 Å². The first-order chi connectivity index (χ1) is 14.5. The molecule has 1 atom stereocenters. The molecule has 2 heterocycles. The summed E-state index contributed by atoms with van der Waals surface area (Å²) in [7, 11) is 0. The fraction of sp³-hybridized carbons (Fsp3) is 0.318. The molecule has 3 rings (SSSR count). The van der Waals surface area contributed by atoms with Crippen LogP contribution in [0, 0.1) is 0 Å². The first-order valence-electron chi connectivity index (χ1n) is 9.73. The molecule has 0 spiro atoms. The number of rotatable bonds is 4. The molecule has 0 saturated carbocycles. The molecule has 2 amide bonds. The van der Waals surface area contributed by atoms with Gasteiger partial charge in [0.1, 0.15) is 0 Å².